The summed E-state index contributed by atoms with van der Waals surface area (Å²) in [6.07, 6.45) is 13.7. The van der Waals surface area contributed by atoms with Gasteiger partial charge in [0, 0.05) is 13.0 Å². The molecule has 0 saturated heterocycles. The van der Waals surface area contributed by atoms with E-state index in [1.807, 2.05) is 24.3 Å². The topological polar surface area (TPSA) is 119 Å². The van der Waals surface area contributed by atoms with Gasteiger partial charge in [-0.2, -0.15) is 0 Å². The summed E-state index contributed by atoms with van der Waals surface area (Å²) >= 11 is 0. The van der Waals surface area contributed by atoms with Crippen LogP contribution in [0.15, 0.2) is 79.4 Å². The number of ketones is 1. The Hall–Kier alpha value is -4.53. The quantitative estimate of drug-likeness (QED) is 0.0347. The molecular weight excluding hydrogens is 596 g/mol. The summed E-state index contributed by atoms with van der Waals surface area (Å²) in [5.74, 6) is -1.96. The Morgan fingerprint density at radius 2 is 1.57 bits per heavy atom. The van der Waals surface area contributed by atoms with Crippen molar-refractivity contribution in [2.75, 3.05) is 13.2 Å². The van der Waals surface area contributed by atoms with Crippen LogP contribution in [0.2, 0.25) is 0 Å². The average Bonchev–Trinajstić information content (AvgIpc) is 3.10. The third kappa shape index (κ3) is 11.3. The molecule has 4 rings (SSSR count). The Balaban J connectivity index is 0.00000142. The van der Waals surface area contributed by atoms with Crippen LogP contribution in [-0.4, -0.2) is 41.1 Å². The van der Waals surface area contributed by atoms with Crippen LogP contribution in [0.3, 0.4) is 0 Å². The number of esters is 1. The van der Waals surface area contributed by atoms with Gasteiger partial charge in [0.05, 0.1) is 6.61 Å². The maximum atomic E-state index is 11.6. The number of Topliss-reactive ketones (excluding diaryl/α,β-unsaturated/α-hetero) is 1. The van der Waals surface area contributed by atoms with Crippen molar-refractivity contribution in [3.05, 3.63) is 90.5 Å². The van der Waals surface area contributed by atoms with Crippen molar-refractivity contribution in [2.45, 2.75) is 72.1 Å². The van der Waals surface area contributed by atoms with Crippen LogP contribution in [0.4, 0.5) is 0 Å². The molecule has 1 aliphatic rings. The van der Waals surface area contributed by atoms with Gasteiger partial charge in [-0.1, -0.05) is 94.1 Å². The van der Waals surface area contributed by atoms with E-state index in [0.717, 1.165) is 29.9 Å². The first kappa shape index (κ1) is 36.9. The molecule has 47 heavy (non-hydrogen) atoms. The Labute approximate surface area is 277 Å². The summed E-state index contributed by atoms with van der Waals surface area (Å²) in [4.78, 5) is 44.0. The fourth-order valence-corrected chi connectivity index (χ4v) is 5.51. The van der Waals surface area contributed by atoms with Gasteiger partial charge in [-0.05, 0) is 82.7 Å². The summed E-state index contributed by atoms with van der Waals surface area (Å²) < 4.78 is 5.23. The highest BCUT2D eigenvalue weighted by atomic mass is 17.2. The maximum absolute atomic E-state index is 11.6. The number of aliphatic hydroxyl groups excluding tert-OH is 2. The Bertz CT molecular complexity index is 1540. The Morgan fingerprint density at radius 3 is 2.17 bits per heavy atom. The number of allylic oxidation sites excluding steroid dienone is 2. The van der Waals surface area contributed by atoms with E-state index in [1.165, 1.54) is 79.9 Å². The molecule has 3 aromatic carbocycles. The Kier molecular flexibility index (Phi) is 15.1. The largest absolute Gasteiger partial charge is 0.427 e. The molecule has 250 valence electrons. The highest BCUT2D eigenvalue weighted by molar-refractivity contribution is 6.33. The molecule has 8 nitrogen and oxygen atoms in total. The van der Waals surface area contributed by atoms with Crippen molar-refractivity contribution in [1.29, 1.82) is 0 Å². The SMILES string of the molecule is C=CCO.CCCCCC1CC=C(c2ccc(-c3ccc(-c4cc(OOC(=O)C(=O)CO)cc(OC(C)=O)c4)cc3)c(CC)c2)CC1. The third-order valence-corrected chi connectivity index (χ3v) is 7.98. The van der Waals surface area contributed by atoms with Gasteiger partial charge >= 0.3 is 11.9 Å². The minimum absolute atomic E-state index is 0.0464. The molecule has 0 spiro atoms. The maximum Gasteiger partial charge on any atom is 0.423 e. The monoisotopic (exact) mass is 642 g/mol. The lowest BCUT2D eigenvalue weighted by Gasteiger charge is -2.23. The van der Waals surface area contributed by atoms with E-state index >= 15 is 0 Å². The van der Waals surface area contributed by atoms with E-state index in [-0.39, 0.29) is 18.1 Å². The van der Waals surface area contributed by atoms with Crippen LogP contribution >= 0.6 is 0 Å². The van der Waals surface area contributed by atoms with E-state index in [2.05, 4.69) is 49.6 Å². The lowest BCUT2D eigenvalue weighted by atomic mass is 9.83. The first-order valence-corrected chi connectivity index (χ1v) is 16.2. The number of ether oxygens (including phenoxy) is 1. The molecular formula is C39H46O8. The van der Waals surface area contributed by atoms with Crippen molar-refractivity contribution in [2.24, 2.45) is 5.92 Å². The average molecular weight is 643 g/mol. The number of carbonyl (C=O) groups is 3. The molecule has 0 amide bonds. The minimum atomic E-state index is -1.34. The van der Waals surface area contributed by atoms with Gasteiger partial charge in [-0.3, -0.25) is 14.5 Å². The van der Waals surface area contributed by atoms with Crippen LogP contribution < -0.4 is 9.62 Å². The number of benzene rings is 3. The van der Waals surface area contributed by atoms with Gasteiger partial charge < -0.3 is 14.9 Å². The zero-order valence-electron chi connectivity index (χ0n) is 27.6. The molecule has 0 heterocycles. The zero-order chi connectivity index (χ0) is 34.2. The van der Waals surface area contributed by atoms with Crippen molar-refractivity contribution in [3.8, 4) is 33.8 Å². The smallest absolute Gasteiger partial charge is 0.423 e. The summed E-state index contributed by atoms with van der Waals surface area (Å²) in [7, 11) is 0. The first-order valence-electron chi connectivity index (χ1n) is 16.2. The number of aliphatic hydroxyl groups is 2. The second-order valence-electron chi connectivity index (χ2n) is 11.5. The molecule has 0 bridgehead atoms. The standard InChI is InChI=1S/C36H40O7.C3H6O/c1-4-6-7-8-25-9-11-27(12-10-25)30-17-18-34(26(5-2)19-30)29-15-13-28(14-16-29)31-20-32(41-24(3)38)22-33(21-31)42-43-36(40)35(39)23-37;1-2-3-4/h11,13-22,25,37H,4-10,12,23H2,1-3H3;2,4H,1,3H2. The van der Waals surface area contributed by atoms with E-state index in [9.17, 15) is 14.4 Å². The summed E-state index contributed by atoms with van der Waals surface area (Å²) in [6.45, 7) is 8.03. The summed E-state index contributed by atoms with van der Waals surface area (Å²) in [5, 5.41) is 16.6. The molecule has 1 atom stereocenters. The Morgan fingerprint density at radius 1 is 0.894 bits per heavy atom. The predicted octanol–water partition coefficient (Wildman–Crippen LogP) is 7.84. The van der Waals surface area contributed by atoms with Gasteiger partial charge in [0.1, 0.15) is 12.4 Å². The van der Waals surface area contributed by atoms with Crippen LogP contribution in [0.25, 0.3) is 27.8 Å². The van der Waals surface area contributed by atoms with Gasteiger partial charge in [-0.25, -0.2) is 9.68 Å². The van der Waals surface area contributed by atoms with Gasteiger partial charge in [-0.15, -0.1) is 6.58 Å². The molecule has 0 saturated carbocycles. The molecule has 0 fully saturated rings. The highest BCUT2D eigenvalue weighted by Crippen LogP contribution is 2.36. The summed E-state index contributed by atoms with van der Waals surface area (Å²) in [5.41, 5.74) is 7.81. The van der Waals surface area contributed by atoms with E-state index in [1.54, 1.807) is 12.1 Å². The molecule has 3 aromatic rings. The van der Waals surface area contributed by atoms with Crippen molar-refractivity contribution >= 4 is 23.3 Å². The fourth-order valence-electron chi connectivity index (χ4n) is 5.51. The third-order valence-electron chi connectivity index (χ3n) is 7.98. The van der Waals surface area contributed by atoms with Gasteiger partial charge in [0.25, 0.3) is 5.78 Å². The van der Waals surface area contributed by atoms with Crippen molar-refractivity contribution in [3.63, 3.8) is 0 Å². The molecule has 0 aliphatic heterocycles. The number of hydrogen-bond donors (Lipinski definition) is 2. The number of unbranched alkanes of at least 4 members (excludes halogenated alkanes) is 2. The lowest BCUT2D eigenvalue weighted by molar-refractivity contribution is -0.213. The van der Waals surface area contributed by atoms with E-state index in [4.69, 9.17) is 19.8 Å². The molecule has 0 radical (unpaired) electrons. The van der Waals surface area contributed by atoms with E-state index in [0.29, 0.717) is 5.56 Å². The minimum Gasteiger partial charge on any atom is -0.427 e. The zero-order valence-corrected chi connectivity index (χ0v) is 27.6. The van der Waals surface area contributed by atoms with Crippen LogP contribution in [-0.2, 0) is 25.7 Å². The number of carbonyl (C=O) groups excluding carboxylic acids is 3. The summed E-state index contributed by atoms with van der Waals surface area (Å²) in [6, 6.07) is 19.4. The fraction of sp³-hybridized carbons (Fsp3) is 0.359. The van der Waals surface area contributed by atoms with Gasteiger partial charge in [0.2, 0.25) is 0 Å². The van der Waals surface area contributed by atoms with Crippen molar-refractivity contribution in [1.82, 2.24) is 0 Å². The van der Waals surface area contributed by atoms with Crippen LogP contribution in [0.1, 0.15) is 76.8 Å². The number of aryl methyl sites for hydroxylation is 1. The molecule has 1 aliphatic carbocycles. The molecule has 0 aromatic heterocycles. The van der Waals surface area contributed by atoms with Crippen molar-refractivity contribution < 1.29 is 39.1 Å². The number of hydrogen-bond acceptors (Lipinski definition) is 8. The lowest BCUT2D eigenvalue weighted by Crippen LogP contribution is -2.22. The van der Waals surface area contributed by atoms with Crippen LogP contribution in [0, 0.1) is 5.92 Å². The van der Waals surface area contributed by atoms with Gasteiger partial charge in [0.15, 0.2) is 5.75 Å². The first-order chi connectivity index (χ1) is 22.7. The molecule has 1 unspecified atom stereocenters. The van der Waals surface area contributed by atoms with Crippen LogP contribution in [0.5, 0.6) is 11.5 Å². The number of rotatable bonds is 14. The second-order valence-corrected chi connectivity index (χ2v) is 11.5. The normalized spacial score (nSPS) is 13.8. The molecule has 8 heteroatoms. The highest BCUT2D eigenvalue weighted by Gasteiger charge is 2.18. The second kappa shape index (κ2) is 19.2. The van der Waals surface area contributed by atoms with E-state index < -0.39 is 24.3 Å². The molecule has 2 N–H and O–H groups in total. The predicted molar refractivity (Wildman–Crippen MR) is 184 cm³/mol.